The molecule has 1 amide bonds. The zero-order valence-corrected chi connectivity index (χ0v) is 11.9. The number of hydrogen-bond acceptors (Lipinski definition) is 5. The molecule has 106 valence electrons. The summed E-state index contributed by atoms with van der Waals surface area (Å²) in [6.45, 7) is 1.86. The smallest absolute Gasteiger partial charge is 0.300 e. The van der Waals surface area contributed by atoms with Crippen molar-refractivity contribution in [3.63, 3.8) is 0 Å². The zero-order chi connectivity index (χ0) is 14.5. The summed E-state index contributed by atoms with van der Waals surface area (Å²) in [5, 5.41) is 8.98. The quantitative estimate of drug-likeness (QED) is 0.339. The predicted octanol–water partition coefficient (Wildman–Crippen LogP) is 1.98. The minimum Gasteiger partial charge on any atom is -0.456 e. The van der Waals surface area contributed by atoms with Crippen LogP contribution in [0.1, 0.15) is 27.4 Å². The number of rotatable bonds is 5. The van der Waals surface area contributed by atoms with E-state index in [1.165, 1.54) is 0 Å². The second-order valence-corrected chi connectivity index (χ2v) is 5.31. The minimum atomic E-state index is -0.434. The lowest BCUT2D eigenvalue weighted by molar-refractivity contribution is 0.0924. The van der Waals surface area contributed by atoms with Gasteiger partial charge in [-0.1, -0.05) is 12.1 Å². The van der Waals surface area contributed by atoms with Gasteiger partial charge < -0.3 is 9.52 Å². The molecule has 0 radical (unpaired) electrons. The van der Waals surface area contributed by atoms with Gasteiger partial charge >= 0.3 is 5.91 Å². The third-order valence-corrected chi connectivity index (χ3v) is 3.94. The van der Waals surface area contributed by atoms with Gasteiger partial charge in [0, 0.05) is 16.2 Å². The van der Waals surface area contributed by atoms with E-state index in [4.69, 9.17) is 15.4 Å². The number of aliphatic hydroxyl groups is 1. The van der Waals surface area contributed by atoms with E-state index in [1.54, 1.807) is 17.8 Å². The van der Waals surface area contributed by atoms with Crippen molar-refractivity contribution < 1.29 is 14.3 Å². The van der Waals surface area contributed by atoms with Crippen LogP contribution in [0.5, 0.6) is 0 Å². The van der Waals surface area contributed by atoms with E-state index in [9.17, 15) is 4.79 Å². The molecule has 0 aliphatic rings. The van der Waals surface area contributed by atoms with Crippen LogP contribution >= 0.6 is 11.8 Å². The number of nitrogen functional groups attached to an aromatic ring is 1. The topological polar surface area (TPSA) is 88.5 Å². The lowest BCUT2D eigenvalue weighted by Crippen LogP contribution is -2.29. The van der Waals surface area contributed by atoms with Gasteiger partial charge in [-0.2, -0.15) is 0 Å². The Labute approximate surface area is 121 Å². The zero-order valence-electron chi connectivity index (χ0n) is 11.1. The highest BCUT2D eigenvalue weighted by Gasteiger charge is 2.13. The highest BCUT2D eigenvalue weighted by atomic mass is 32.2. The molecule has 1 aromatic carbocycles. The van der Waals surface area contributed by atoms with Gasteiger partial charge in [-0.25, -0.2) is 5.84 Å². The maximum absolute atomic E-state index is 11.4. The number of hydrazine groups is 1. The fourth-order valence-corrected chi connectivity index (χ4v) is 2.64. The van der Waals surface area contributed by atoms with Crippen LogP contribution < -0.4 is 11.3 Å². The molecule has 0 aliphatic heterocycles. The van der Waals surface area contributed by atoms with Crippen LogP contribution in [0.3, 0.4) is 0 Å². The molecule has 4 N–H and O–H groups in total. The number of carbonyl (C=O) groups excluding carboxylic acids is 1. The number of nitrogens with one attached hydrogen (secondary N) is 1. The van der Waals surface area contributed by atoms with E-state index in [0.29, 0.717) is 11.5 Å². The molecule has 0 bridgehead atoms. The third kappa shape index (κ3) is 3.41. The van der Waals surface area contributed by atoms with E-state index in [1.807, 2.05) is 36.6 Å². The van der Waals surface area contributed by atoms with Crippen molar-refractivity contribution in [2.75, 3.05) is 0 Å². The first-order valence-corrected chi connectivity index (χ1v) is 7.05. The van der Waals surface area contributed by atoms with E-state index in [-0.39, 0.29) is 12.4 Å². The van der Waals surface area contributed by atoms with Gasteiger partial charge in [0.2, 0.25) is 0 Å². The molecule has 0 unspecified atom stereocenters. The van der Waals surface area contributed by atoms with E-state index in [0.717, 1.165) is 16.0 Å². The summed E-state index contributed by atoms with van der Waals surface area (Å²) in [5.74, 6) is 6.27. The van der Waals surface area contributed by atoms with Crippen LogP contribution in [0, 0.1) is 6.92 Å². The number of aliphatic hydroxyl groups excluding tert-OH is 1. The van der Waals surface area contributed by atoms with Gasteiger partial charge in [0.15, 0.2) is 5.76 Å². The molecule has 2 rings (SSSR count). The Kier molecular flexibility index (Phi) is 4.84. The maximum Gasteiger partial charge on any atom is 0.300 e. The summed E-state index contributed by atoms with van der Waals surface area (Å²) < 4.78 is 5.35. The molecule has 20 heavy (non-hydrogen) atoms. The van der Waals surface area contributed by atoms with Gasteiger partial charge in [0.25, 0.3) is 0 Å². The summed E-state index contributed by atoms with van der Waals surface area (Å²) in [6.07, 6.45) is 0. The predicted molar refractivity (Wildman–Crippen MR) is 77.0 cm³/mol. The highest BCUT2D eigenvalue weighted by Crippen LogP contribution is 2.26. The molecule has 6 heteroatoms. The normalized spacial score (nSPS) is 10.6. The second kappa shape index (κ2) is 6.60. The van der Waals surface area contributed by atoms with E-state index >= 15 is 0 Å². The molecule has 2 aromatic rings. The van der Waals surface area contributed by atoms with Crippen LogP contribution in [0.25, 0.3) is 0 Å². The number of benzene rings is 1. The Balaban J connectivity index is 2.02. The second-order valence-electron chi connectivity index (χ2n) is 4.26. The Morgan fingerprint density at radius 1 is 1.40 bits per heavy atom. The van der Waals surface area contributed by atoms with Gasteiger partial charge in [-0.3, -0.25) is 10.2 Å². The number of hydrogen-bond donors (Lipinski definition) is 3. The average Bonchev–Trinajstić information content (AvgIpc) is 2.86. The Morgan fingerprint density at radius 2 is 2.10 bits per heavy atom. The van der Waals surface area contributed by atoms with Crippen molar-refractivity contribution in [2.24, 2.45) is 5.84 Å². The average molecular weight is 292 g/mol. The maximum atomic E-state index is 11.4. The lowest BCUT2D eigenvalue weighted by atomic mass is 10.2. The van der Waals surface area contributed by atoms with Crippen molar-refractivity contribution in [1.82, 2.24) is 5.43 Å². The molecule has 0 atom stereocenters. The summed E-state index contributed by atoms with van der Waals surface area (Å²) in [6, 6.07) is 9.39. The largest absolute Gasteiger partial charge is 0.456 e. The fraction of sp³-hybridized carbons (Fsp3) is 0.214. The fourth-order valence-electron chi connectivity index (χ4n) is 1.70. The number of thioether (sulfide) groups is 1. The van der Waals surface area contributed by atoms with Crippen LogP contribution in [0.4, 0.5) is 0 Å². The first-order chi connectivity index (χ1) is 9.63. The summed E-state index contributed by atoms with van der Waals surface area (Å²) in [5.41, 5.74) is 3.89. The molecule has 5 nitrogen and oxygen atoms in total. The van der Waals surface area contributed by atoms with Gasteiger partial charge in [0.05, 0.1) is 6.61 Å². The molecular formula is C14H16N2O3S. The molecule has 1 heterocycles. The Bertz CT molecular complexity index is 593. The Hall–Kier alpha value is -1.76. The molecular weight excluding hydrogens is 276 g/mol. The van der Waals surface area contributed by atoms with Crippen molar-refractivity contribution >= 4 is 17.7 Å². The van der Waals surface area contributed by atoms with E-state index < -0.39 is 5.91 Å². The SMILES string of the molecule is Cc1oc(C(=O)NN)cc1CSc1ccc(CO)cc1. The lowest BCUT2D eigenvalue weighted by Gasteiger charge is -2.02. The number of carbonyl (C=O) groups is 1. The summed E-state index contributed by atoms with van der Waals surface area (Å²) in [4.78, 5) is 12.5. The number of amides is 1. The summed E-state index contributed by atoms with van der Waals surface area (Å²) >= 11 is 1.63. The standard InChI is InChI=1S/C14H16N2O3S/c1-9-11(6-13(19-9)14(18)16-15)8-20-12-4-2-10(7-17)3-5-12/h2-6,17H,7-8,15H2,1H3,(H,16,18). The number of aryl methyl sites for hydroxylation is 1. The number of furan rings is 1. The number of nitrogens with two attached hydrogens (primary N) is 1. The molecule has 0 fully saturated rings. The van der Waals surface area contributed by atoms with Crippen molar-refractivity contribution in [1.29, 1.82) is 0 Å². The molecule has 0 saturated heterocycles. The van der Waals surface area contributed by atoms with Crippen LogP contribution in [0.2, 0.25) is 0 Å². The van der Waals surface area contributed by atoms with Crippen LogP contribution in [-0.2, 0) is 12.4 Å². The first-order valence-electron chi connectivity index (χ1n) is 6.07. The first kappa shape index (κ1) is 14.6. The highest BCUT2D eigenvalue weighted by molar-refractivity contribution is 7.98. The van der Waals surface area contributed by atoms with Gasteiger partial charge in [-0.15, -0.1) is 11.8 Å². The van der Waals surface area contributed by atoms with Gasteiger partial charge in [0.1, 0.15) is 5.76 Å². The minimum absolute atomic E-state index is 0.0450. The molecule has 0 saturated carbocycles. The van der Waals surface area contributed by atoms with Crippen molar-refractivity contribution in [3.8, 4) is 0 Å². The van der Waals surface area contributed by atoms with Crippen LogP contribution in [0.15, 0.2) is 39.6 Å². The van der Waals surface area contributed by atoms with Crippen molar-refractivity contribution in [3.05, 3.63) is 53.0 Å². The molecule has 1 aromatic heterocycles. The van der Waals surface area contributed by atoms with Crippen LogP contribution in [-0.4, -0.2) is 11.0 Å². The summed E-state index contributed by atoms with van der Waals surface area (Å²) in [7, 11) is 0. The van der Waals surface area contributed by atoms with E-state index in [2.05, 4.69) is 0 Å². The van der Waals surface area contributed by atoms with Gasteiger partial charge in [-0.05, 0) is 30.7 Å². The van der Waals surface area contributed by atoms with Crippen molar-refractivity contribution in [2.45, 2.75) is 24.2 Å². The third-order valence-electron chi connectivity index (χ3n) is 2.88. The monoisotopic (exact) mass is 292 g/mol. The molecule has 0 spiro atoms. The Morgan fingerprint density at radius 3 is 2.70 bits per heavy atom. The molecule has 0 aliphatic carbocycles.